The highest BCUT2D eigenvalue weighted by molar-refractivity contribution is 6.08. The lowest BCUT2D eigenvalue weighted by Crippen LogP contribution is -2.52. The molecule has 1 saturated heterocycles. The first kappa shape index (κ1) is 29.5. The zero-order chi connectivity index (χ0) is 29.7. The molecule has 0 unspecified atom stereocenters. The van der Waals surface area contributed by atoms with Crippen LogP contribution < -0.4 is 26.4 Å². The topological polar surface area (TPSA) is 159 Å². The van der Waals surface area contributed by atoms with Gasteiger partial charge in [-0.3, -0.25) is 19.7 Å². The number of hydrogen-bond donors (Lipinski definition) is 4. The molecule has 5 amide bonds. The maximum atomic E-state index is 14.9. The van der Waals surface area contributed by atoms with Crippen LogP contribution in [0.15, 0.2) is 40.8 Å². The Kier molecular flexibility index (Phi) is 8.89. The third-order valence-corrected chi connectivity index (χ3v) is 7.02. The number of nitrogens with one attached hydrogen (secondary N) is 3. The molecule has 2 heterocycles. The minimum atomic E-state index is -1.79. The maximum absolute atomic E-state index is 14.9. The second-order valence-electron chi connectivity index (χ2n) is 9.94. The van der Waals surface area contributed by atoms with Crippen molar-refractivity contribution in [2.24, 2.45) is 5.73 Å². The lowest BCUT2D eigenvalue weighted by Gasteiger charge is -2.29. The summed E-state index contributed by atoms with van der Waals surface area (Å²) in [5, 5.41) is 7.79. The molecule has 0 aliphatic carbocycles. The molecule has 1 aromatic heterocycles. The highest BCUT2D eigenvalue weighted by Gasteiger charge is 2.51. The van der Waals surface area contributed by atoms with Crippen molar-refractivity contribution in [3.05, 3.63) is 64.7 Å². The van der Waals surface area contributed by atoms with Crippen LogP contribution in [0.5, 0.6) is 5.75 Å². The summed E-state index contributed by atoms with van der Waals surface area (Å²) in [5.74, 6) is -1.53. The highest BCUT2D eigenvalue weighted by atomic mass is 19.1. The number of imide groups is 1. The van der Waals surface area contributed by atoms with Crippen LogP contribution >= 0.6 is 0 Å². The quantitative estimate of drug-likeness (QED) is 0.177. The number of fused-ring (bicyclic) bond motifs is 1. The molecule has 5 N–H and O–H groups in total. The molecule has 2 aromatic carbocycles. The Labute approximate surface area is 236 Å². The fourth-order valence-electron chi connectivity index (χ4n) is 4.72. The summed E-state index contributed by atoms with van der Waals surface area (Å²) < 4.78 is 26.0. The van der Waals surface area contributed by atoms with E-state index in [4.69, 9.17) is 14.9 Å². The Hall–Kier alpha value is -4.49. The number of urea groups is 1. The van der Waals surface area contributed by atoms with Gasteiger partial charge < -0.3 is 35.3 Å². The van der Waals surface area contributed by atoms with Crippen molar-refractivity contribution >= 4 is 35.2 Å². The molecule has 13 heteroatoms. The van der Waals surface area contributed by atoms with Gasteiger partial charge in [-0.1, -0.05) is 6.07 Å². The molecule has 12 nitrogen and oxygen atoms in total. The number of ether oxygens (including phenoxy) is 1. The van der Waals surface area contributed by atoms with Gasteiger partial charge in [-0.25, -0.2) is 9.18 Å². The van der Waals surface area contributed by atoms with E-state index in [0.29, 0.717) is 37.2 Å². The molecule has 41 heavy (non-hydrogen) atoms. The Balaban J connectivity index is 1.61. The summed E-state index contributed by atoms with van der Waals surface area (Å²) in [6.07, 6.45) is 0.568. The second-order valence-corrected chi connectivity index (χ2v) is 9.94. The van der Waals surface area contributed by atoms with Crippen LogP contribution in [0.1, 0.15) is 27.2 Å². The number of furan rings is 1. The fourth-order valence-corrected chi connectivity index (χ4v) is 4.72. The summed E-state index contributed by atoms with van der Waals surface area (Å²) in [6.45, 7) is 3.67. The lowest BCUT2D eigenvalue weighted by atomic mass is 9.94. The minimum absolute atomic E-state index is 0.0190. The zero-order valence-electron chi connectivity index (χ0n) is 23.1. The summed E-state index contributed by atoms with van der Waals surface area (Å²) in [7, 11) is 3.41. The number of amides is 5. The standard InChI is InChI=1S/C28H33FN6O6/c1-17-10-20(40-3)5-4-18(17)14-35(16-36)15-28(26(38)32-27(39)33-28)24-12-19-11-21(22(29)13-23(19)41-24)25(37)31-7-9-34(2)8-6-30/h4-5,10-13,16H,6-9,14-15,30H2,1-3H3,(H,31,37)(H2,32,33,38,39)/t28-/m0/s1. The van der Waals surface area contributed by atoms with Gasteiger partial charge in [-0.2, -0.15) is 0 Å². The number of likely N-dealkylation sites (N-methyl/N-ethyl adjacent to an activating group) is 1. The smallest absolute Gasteiger partial charge is 0.322 e. The van der Waals surface area contributed by atoms with E-state index in [1.54, 1.807) is 19.2 Å². The van der Waals surface area contributed by atoms with Crippen LogP contribution in [0.3, 0.4) is 0 Å². The molecule has 0 saturated carbocycles. The molecule has 1 aliphatic heterocycles. The Morgan fingerprint density at radius 2 is 2.00 bits per heavy atom. The van der Waals surface area contributed by atoms with Gasteiger partial charge in [0.05, 0.1) is 19.2 Å². The molecule has 218 valence electrons. The molecule has 1 aliphatic rings. The van der Waals surface area contributed by atoms with Crippen molar-refractivity contribution < 1.29 is 32.7 Å². The number of carbonyl (C=O) groups is 4. The average molecular weight is 569 g/mol. The first-order valence-corrected chi connectivity index (χ1v) is 13.0. The summed E-state index contributed by atoms with van der Waals surface area (Å²) in [4.78, 5) is 53.5. The van der Waals surface area contributed by atoms with E-state index < -0.39 is 29.2 Å². The number of halogens is 1. The monoisotopic (exact) mass is 568 g/mol. The number of carbonyl (C=O) groups excluding carboxylic acids is 4. The fraction of sp³-hybridized carbons (Fsp3) is 0.357. The summed E-state index contributed by atoms with van der Waals surface area (Å²) >= 11 is 0. The van der Waals surface area contributed by atoms with E-state index in [-0.39, 0.29) is 36.5 Å². The maximum Gasteiger partial charge on any atom is 0.322 e. The van der Waals surface area contributed by atoms with Crippen LogP contribution in [0, 0.1) is 12.7 Å². The summed E-state index contributed by atoms with van der Waals surface area (Å²) in [6, 6.07) is 8.42. The first-order chi connectivity index (χ1) is 19.6. The van der Waals surface area contributed by atoms with Gasteiger partial charge >= 0.3 is 6.03 Å². The van der Waals surface area contributed by atoms with Gasteiger partial charge in [0.2, 0.25) is 6.41 Å². The normalized spacial score (nSPS) is 16.5. The van der Waals surface area contributed by atoms with Crippen LogP contribution in [-0.2, 0) is 21.7 Å². The third kappa shape index (κ3) is 6.31. The largest absolute Gasteiger partial charge is 0.497 e. The van der Waals surface area contributed by atoms with Crippen LogP contribution in [0.25, 0.3) is 11.0 Å². The number of nitrogens with zero attached hydrogens (tertiary/aromatic N) is 2. The average Bonchev–Trinajstić information content (AvgIpc) is 3.48. The van der Waals surface area contributed by atoms with Crippen LogP contribution in [0.4, 0.5) is 9.18 Å². The van der Waals surface area contributed by atoms with Gasteiger partial charge in [-0.05, 0) is 49.4 Å². The van der Waals surface area contributed by atoms with Crippen LogP contribution in [-0.4, -0.2) is 80.9 Å². The van der Waals surface area contributed by atoms with Gasteiger partial charge in [0.15, 0.2) is 5.54 Å². The molecular formula is C28H33FN6O6. The number of nitrogens with two attached hydrogens (primary N) is 1. The van der Waals surface area contributed by atoms with E-state index in [0.717, 1.165) is 17.2 Å². The number of benzene rings is 2. The number of methoxy groups -OCH3 is 1. The molecular weight excluding hydrogens is 535 g/mol. The lowest BCUT2D eigenvalue weighted by molar-refractivity contribution is -0.127. The van der Waals surface area contributed by atoms with Crippen molar-refractivity contribution in [3.63, 3.8) is 0 Å². The van der Waals surface area contributed by atoms with E-state index in [1.807, 2.05) is 24.9 Å². The summed E-state index contributed by atoms with van der Waals surface area (Å²) in [5.41, 5.74) is 5.26. The van der Waals surface area contributed by atoms with E-state index in [1.165, 1.54) is 17.0 Å². The van der Waals surface area contributed by atoms with Crippen molar-refractivity contribution in [1.82, 2.24) is 25.8 Å². The van der Waals surface area contributed by atoms with Gasteiger partial charge in [-0.15, -0.1) is 0 Å². The molecule has 4 rings (SSSR count). The van der Waals surface area contributed by atoms with Crippen LogP contribution in [0.2, 0.25) is 0 Å². The van der Waals surface area contributed by atoms with Crippen molar-refractivity contribution in [2.75, 3.05) is 46.9 Å². The molecule has 0 spiro atoms. The van der Waals surface area contributed by atoms with E-state index in [2.05, 4.69) is 16.0 Å². The van der Waals surface area contributed by atoms with Crippen molar-refractivity contribution in [2.45, 2.75) is 19.0 Å². The Morgan fingerprint density at radius 1 is 1.22 bits per heavy atom. The molecule has 0 bridgehead atoms. The minimum Gasteiger partial charge on any atom is -0.497 e. The van der Waals surface area contributed by atoms with Gasteiger partial charge in [0, 0.05) is 44.2 Å². The molecule has 0 radical (unpaired) electrons. The molecule has 1 atom stereocenters. The van der Waals surface area contributed by atoms with Gasteiger partial charge in [0.25, 0.3) is 11.8 Å². The Morgan fingerprint density at radius 3 is 2.63 bits per heavy atom. The number of hydrogen-bond acceptors (Lipinski definition) is 8. The predicted octanol–water partition coefficient (Wildman–Crippen LogP) is 1.20. The van der Waals surface area contributed by atoms with E-state index >= 15 is 0 Å². The van der Waals surface area contributed by atoms with Gasteiger partial charge in [0.1, 0.15) is 22.9 Å². The molecule has 3 aromatic rings. The number of aryl methyl sites for hydroxylation is 1. The first-order valence-electron chi connectivity index (χ1n) is 13.0. The Bertz CT molecular complexity index is 1480. The van der Waals surface area contributed by atoms with Crippen molar-refractivity contribution in [3.8, 4) is 5.75 Å². The molecule has 1 fully saturated rings. The van der Waals surface area contributed by atoms with Crippen molar-refractivity contribution in [1.29, 1.82) is 0 Å². The van der Waals surface area contributed by atoms with E-state index in [9.17, 15) is 23.6 Å². The highest BCUT2D eigenvalue weighted by Crippen LogP contribution is 2.33. The predicted molar refractivity (Wildman–Crippen MR) is 148 cm³/mol. The third-order valence-electron chi connectivity index (χ3n) is 7.02. The number of rotatable bonds is 13. The SMILES string of the molecule is COc1ccc(CN(C=O)C[C@@]2(c3cc4cc(C(=O)NCCN(C)CCN)c(F)cc4o3)NC(=O)NC2=O)c(C)c1. The second kappa shape index (κ2) is 12.4. The zero-order valence-corrected chi connectivity index (χ0v) is 23.1.